The van der Waals surface area contributed by atoms with Gasteiger partial charge in [-0.15, -0.1) is 0 Å². The first-order valence-corrected chi connectivity index (χ1v) is 7.40. The standard InChI is InChI=1S/C17H27NO/c1-5-7-9-18(6-2)10-8-17(19)16-12-14(3)11-15(4)13-16/h11-13H,5-10H2,1-4H3. The number of Topliss-reactive ketones (excluding diaryl/α,β-unsaturated/α-hetero) is 1. The fraction of sp³-hybridized carbons (Fsp3) is 0.588. The first kappa shape index (κ1) is 15.9. The van der Waals surface area contributed by atoms with E-state index in [-0.39, 0.29) is 5.78 Å². The van der Waals surface area contributed by atoms with E-state index in [4.69, 9.17) is 0 Å². The topological polar surface area (TPSA) is 20.3 Å². The van der Waals surface area contributed by atoms with Gasteiger partial charge in [0.25, 0.3) is 0 Å². The monoisotopic (exact) mass is 261 g/mol. The normalized spacial score (nSPS) is 11.0. The third kappa shape index (κ3) is 5.56. The summed E-state index contributed by atoms with van der Waals surface area (Å²) in [4.78, 5) is 14.6. The van der Waals surface area contributed by atoms with E-state index in [0.29, 0.717) is 6.42 Å². The summed E-state index contributed by atoms with van der Waals surface area (Å²) in [6.07, 6.45) is 3.05. The quantitative estimate of drug-likeness (QED) is 0.659. The molecule has 0 aliphatic heterocycles. The zero-order valence-corrected chi connectivity index (χ0v) is 12.8. The van der Waals surface area contributed by atoms with E-state index in [1.807, 2.05) is 26.0 Å². The van der Waals surface area contributed by atoms with Gasteiger partial charge in [0.2, 0.25) is 0 Å². The van der Waals surface area contributed by atoms with Gasteiger partial charge in [-0.2, -0.15) is 0 Å². The van der Waals surface area contributed by atoms with Gasteiger partial charge in [0.1, 0.15) is 0 Å². The molecule has 1 aromatic carbocycles. The van der Waals surface area contributed by atoms with Gasteiger partial charge in [-0.3, -0.25) is 4.79 Å². The van der Waals surface area contributed by atoms with Crippen LogP contribution >= 0.6 is 0 Å². The molecule has 0 aliphatic carbocycles. The van der Waals surface area contributed by atoms with E-state index in [9.17, 15) is 4.79 Å². The van der Waals surface area contributed by atoms with Crippen molar-refractivity contribution in [3.8, 4) is 0 Å². The zero-order chi connectivity index (χ0) is 14.3. The van der Waals surface area contributed by atoms with E-state index in [1.165, 1.54) is 24.0 Å². The second-order valence-electron chi connectivity index (χ2n) is 5.34. The second kappa shape index (κ2) is 8.11. The van der Waals surface area contributed by atoms with Crippen molar-refractivity contribution in [2.75, 3.05) is 19.6 Å². The van der Waals surface area contributed by atoms with Crippen LogP contribution in [0.2, 0.25) is 0 Å². The van der Waals surface area contributed by atoms with Gasteiger partial charge in [-0.1, -0.05) is 37.5 Å². The summed E-state index contributed by atoms with van der Waals surface area (Å²) < 4.78 is 0. The Morgan fingerprint density at radius 1 is 1.05 bits per heavy atom. The third-order valence-corrected chi connectivity index (χ3v) is 3.47. The molecule has 0 saturated heterocycles. The molecule has 0 N–H and O–H groups in total. The van der Waals surface area contributed by atoms with Gasteiger partial charge in [-0.25, -0.2) is 0 Å². The highest BCUT2D eigenvalue weighted by Gasteiger charge is 2.09. The smallest absolute Gasteiger partial charge is 0.164 e. The number of carbonyl (C=O) groups excluding carboxylic acids is 1. The number of carbonyl (C=O) groups is 1. The average molecular weight is 261 g/mol. The highest BCUT2D eigenvalue weighted by Crippen LogP contribution is 2.11. The lowest BCUT2D eigenvalue weighted by atomic mass is 10.0. The molecule has 1 aromatic rings. The van der Waals surface area contributed by atoms with E-state index >= 15 is 0 Å². The van der Waals surface area contributed by atoms with Gasteiger partial charge < -0.3 is 4.90 Å². The SMILES string of the molecule is CCCCN(CC)CCC(=O)c1cc(C)cc(C)c1. The maximum atomic E-state index is 12.2. The van der Waals surface area contributed by atoms with Crippen LogP contribution in [0.25, 0.3) is 0 Å². The Bertz CT molecular complexity index is 391. The van der Waals surface area contributed by atoms with Crippen molar-refractivity contribution in [1.29, 1.82) is 0 Å². The molecule has 0 saturated carbocycles. The van der Waals surface area contributed by atoms with Crippen LogP contribution in [-0.4, -0.2) is 30.3 Å². The van der Waals surface area contributed by atoms with Crippen LogP contribution in [0.15, 0.2) is 18.2 Å². The molecule has 0 radical (unpaired) electrons. The summed E-state index contributed by atoms with van der Waals surface area (Å²) in [6, 6.07) is 6.10. The minimum atomic E-state index is 0.266. The predicted octanol–water partition coefficient (Wildman–Crippen LogP) is 4.00. The number of aryl methyl sites for hydroxylation is 2. The van der Waals surface area contributed by atoms with Crippen molar-refractivity contribution in [2.24, 2.45) is 0 Å². The Hall–Kier alpha value is -1.15. The summed E-state index contributed by atoms with van der Waals surface area (Å²) >= 11 is 0. The Kier molecular flexibility index (Phi) is 6.79. The van der Waals surface area contributed by atoms with Crippen molar-refractivity contribution in [3.05, 3.63) is 34.9 Å². The first-order valence-electron chi connectivity index (χ1n) is 7.40. The summed E-state index contributed by atoms with van der Waals surface area (Å²) in [5.74, 6) is 0.266. The van der Waals surface area contributed by atoms with Crippen LogP contribution in [0.3, 0.4) is 0 Å². The highest BCUT2D eigenvalue weighted by atomic mass is 16.1. The highest BCUT2D eigenvalue weighted by molar-refractivity contribution is 5.96. The number of rotatable bonds is 8. The van der Waals surface area contributed by atoms with Gasteiger partial charge in [0.15, 0.2) is 5.78 Å². The number of hydrogen-bond acceptors (Lipinski definition) is 2. The maximum absolute atomic E-state index is 12.2. The molecule has 19 heavy (non-hydrogen) atoms. The molecule has 0 amide bonds. The third-order valence-electron chi connectivity index (χ3n) is 3.47. The van der Waals surface area contributed by atoms with Crippen molar-refractivity contribution >= 4 is 5.78 Å². The first-order chi connectivity index (χ1) is 9.06. The van der Waals surface area contributed by atoms with Gasteiger partial charge in [0, 0.05) is 18.5 Å². The number of nitrogens with zero attached hydrogens (tertiary/aromatic N) is 1. The number of benzene rings is 1. The molecule has 0 fully saturated rings. The molecular weight excluding hydrogens is 234 g/mol. The predicted molar refractivity (Wildman–Crippen MR) is 81.9 cm³/mol. The fourth-order valence-corrected chi connectivity index (χ4v) is 2.35. The lowest BCUT2D eigenvalue weighted by Crippen LogP contribution is -2.27. The minimum Gasteiger partial charge on any atom is -0.303 e. The molecule has 106 valence electrons. The van der Waals surface area contributed by atoms with Gasteiger partial charge in [-0.05, 0) is 45.5 Å². The Morgan fingerprint density at radius 2 is 1.68 bits per heavy atom. The molecule has 0 aromatic heterocycles. The molecular formula is C17H27NO. The molecule has 0 spiro atoms. The maximum Gasteiger partial charge on any atom is 0.164 e. The summed E-state index contributed by atoms with van der Waals surface area (Å²) in [7, 11) is 0. The molecule has 0 atom stereocenters. The lowest BCUT2D eigenvalue weighted by molar-refractivity contribution is 0.0965. The summed E-state index contributed by atoms with van der Waals surface area (Å²) in [5, 5.41) is 0. The van der Waals surface area contributed by atoms with Crippen molar-refractivity contribution in [3.63, 3.8) is 0 Å². The molecule has 0 bridgehead atoms. The van der Waals surface area contributed by atoms with E-state index in [2.05, 4.69) is 24.8 Å². The summed E-state index contributed by atoms with van der Waals surface area (Å²) in [5.41, 5.74) is 3.20. The van der Waals surface area contributed by atoms with Crippen LogP contribution in [0.4, 0.5) is 0 Å². The molecule has 2 nitrogen and oxygen atoms in total. The number of unbranched alkanes of at least 4 members (excludes halogenated alkanes) is 1. The molecule has 0 aliphatic rings. The van der Waals surface area contributed by atoms with Crippen molar-refractivity contribution in [1.82, 2.24) is 4.90 Å². The van der Waals surface area contributed by atoms with E-state index < -0.39 is 0 Å². The Labute approximate surface area is 117 Å². The molecule has 0 unspecified atom stereocenters. The van der Waals surface area contributed by atoms with Crippen LogP contribution in [-0.2, 0) is 0 Å². The molecule has 0 heterocycles. The second-order valence-corrected chi connectivity index (χ2v) is 5.34. The van der Waals surface area contributed by atoms with E-state index in [1.54, 1.807) is 0 Å². The average Bonchev–Trinajstić information content (AvgIpc) is 2.37. The minimum absolute atomic E-state index is 0.266. The summed E-state index contributed by atoms with van der Waals surface area (Å²) in [6.45, 7) is 11.5. The zero-order valence-electron chi connectivity index (χ0n) is 12.8. The van der Waals surface area contributed by atoms with E-state index in [0.717, 1.165) is 25.2 Å². The van der Waals surface area contributed by atoms with Crippen LogP contribution in [0, 0.1) is 13.8 Å². The Balaban J connectivity index is 2.54. The fourth-order valence-electron chi connectivity index (χ4n) is 2.35. The van der Waals surface area contributed by atoms with Crippen LogP contribution in [0.1, 0.15) is 54.6 Å². The lowest BCUT2D eigenvalue weighted by Gasteiger charge is -2.19. The van der Waals surface area contributed by atoms with Gasteiger partial charge >= 0.3 is 0 Å². The van der Waals surface area contributed by atoms with Gasteiger partial charge in [0.05, 0.1) is 0 Å². The Morgan fingerprint density at radius 3 is 2.21 bits per heavy atom. The van der Waals surface area contributed by atoms with Crippen molar-refractivity contribution in [2.45, 2.75) is 47.0 Å². The molecule has 1 rings (SSSR count). The molecule has 2 heteroatoms. The number of ketones is 1. The number of hydrogen-bond donors (Lipinski definition) is 0. The van der Waals surface area contributed by atoms with Crippen LogP contribution < -0.4 is 0 Å². The largest absolute Gasteiger partial charge is 0.303 e. The van der Waals surface area contributed by atoms with Crippen molar-refractivity contribution < 1.29 is 4.79 Å². The van der Waals surface area contributed by atoms with Crippen LogP contribution in [0.5, 0.6) is 0 Å².